The van der Waals surface area contributed by atoms with Crippen LogP contribution in [0, 0.1) is 10.1 Å². The molecule has 25 heavy (non-hydrogen) atoms. The molecule has 0 heterocycles. The van der Waals surface area contributed by atoms with E-state index in [0.717, 1.165) is 0 Å². The Morgan fingerprint density at radius 1 is 1.20 bits per heavy atom. The highest BCUT2D eigenvalue weighted by molar-refractivity contribution is 7.55. The number of ketones is 1. The second-order valence-electron chi connectivity index (χ2n) is 5.46. The van der Waals surface area contributed by atoms with Crippen LogP contribution in [0.25, 0.3) is 0 Å². The summed E-state index contributed by atoms with van der Waals surface area (Å²) in [6.45, 7) is 4.36. The lowest BCUT2D eigenvalue weighted by atomic mass is 10.0. The van der Waals surface area contributed by atoms with Gasteiger partial charge in [0.25, 0.3) is 0 Å². The van der Waals surface area contributed by atoms with Gasteiger partial charge in [-0.2, -0.15) is 0 Å². The molecule has 1 atom stereocenters. The summed E-state index contributed by atoms with van der Waals surface area (Å²) in [6.07, 6.45) is -0.421. The third-order valence-corrected chi connectivity index (χ3v) is 6.58. The van der Waals surface area contributed by atoms with Crippen LogP contribution in [0.4, 0.5) is 0 Å². The number of nitrogens with zero attached hydrogens (tertiary/aromatic N) is 1. The predicted molar refractivity (Wildman–Crippen MR) is 92.8 cm³/mol. The van der Waals surface area contributed by atoms with Crippen molar-refractivity contribution in [2.45, 2.75) is 38.9 Å². The standard InChI is InChI=1S/C16H24NO7P/c1-5-23-25(21,24-6-2)16(3,17(19)20)12-11-15(18)13-7-9-14(22-4)10-8-13/h7-10H,5-6,11-12H2,1-4H3. The molecule has 0 aromatic heterocycles. The van der Waals surface area contributed by atoms with Crippen molar-refractivity contribution in [3.05, 3.63) is 39.9 Å². The molecule has 0 spiro atoms. The fourth-order valence-electron chi connectivity index (χ4n) is 2.26. The van der Waals surface area contributed by atoms with Gasteiger partial charge in [-0.3, -0.25) is 19.5 Å². The number of carbonyl (C=O) groups excluding carboxylic acids is 1. The third-order valence-electron chi connectivity index (χ3n) is 3.82. The van der Waals surface area contributed by atoms with Gasteiger partial charge in [0.1, 0.15) is 5.75 Å². The number of ether oxygens (including phenoxy) is 1. The van der Waals surface area contributed by atoms with E-state index in [4.69, 9.17) is 13.8 Å². The van der Waals surface area contributed by atoms with Crippen LogP contribution in [0.2, 0.25) is 0 Å². The molecule has 140 valence electrons. The van der Waals surface area contributed by atoms with Crippen molar-refractivity contribution in [1.82, 2.24) is 0 Å². The zero-order chi connectivity index (χ0) is 19.1. The fourth-order valence-corrected chi connectivity index (χ4v) is 4.15. The summed E-state index contributed by atoms with van der Waals surface area (Å²) in [5, 5.41) is 9.60. The number of methoxy groups -OCH3 is 1. The Labute approximate surface area is 147 Å². The second-order valence-corrected chi connectivity index (χ2v) is 7.93. The summed E-state index contributed by atoms with van der Waals surface area (Å²) >= 11 is 0. The zero-order valence-electron chi connectivity index (χ0n) is 14.9. The van der Waals surface area contributed by atoms with E-state index in [-0.39, 0.29) is 31.8 Å². The maximum absolute atomic E-state index is 12.9. The van der Waals surface area contributed by atoms with E-state index in [9.17, 15) is 19.5 Å². The molecule has 1 rings (SSSR count). The van der Waals surface area contributed by atoms with Crippen LogP contribution in [0.15, 0.2) is 24.3 Å². The van der Waals surface area contributed by atoms with Crippen molar-refractivity contribution in [2.24, 2.45) is 0 Å². The normalized spacial score (nSPS) is 13.9. The Morgan fingerprint density at radius 2 is 1.72 bits per heavy atom. The molecule has 0 saturated heterocycles. The maximum Gasteiger partial charge on any atom is 0.406 e. The number of Topliss-reactive ketones (excluding diaryl/α,β-unsaturated/α-hetero) is 1. The quantitative estimate of drug-likeness (QED) is 0.250. The third kappa shape index (κ3) is 4.87. The smallest absolute Gasteiger partial charge is 0.406 e. The first kappa shape index (κ1) is 21.3. The van der Waals surface area contributed by atoms with Gasteiger partial charge in [-0.1, -0.05) is 0 Å². The van der Waals surface area contributed by atoms with Crippen molar-refractivity contribution in [2.75, 3.05) is 20.3 Å². The highest BCUT2D eigenvalue weighted by Gasteiger charge is 2.58. The van der Waals surface area contributed by atoms with E-state index in [1.165, 1.54) is 14.0 Å². The van der Waals surface area contributed by atoms with Crippen LogP contribution in [0.5, 0.6) is 5.75 Å². The topological polar surface area (TPSA) is 105 Å². The summed E-state index contributed by atoms with van der Waals surface area (Å²) < 4.78 is 28.2. The predicted octanol–water partition coefficient (Wildman–Crippen LogP) is 3.92. The summed E-state index contributed by atoms with van der Waals surface area (Å²) in [5.74, 6) is 0.305. The Hall–Kier alpha value is -1.76. The summed E-state index contributed by atoms with van der Waals surface area (Å²) in [4.78, 5) is 23.2. The molecule has 9 heteroatoms. The van der Waals surface area contributed by atoms with Gasteiger partial charge in [0, 0.05) is 30.3 Å². The lowest BCUT2D eigenvalue weighted by Crippen LogP contribution is -2.37. The molecule has 0 radical (unpaired) electrons. The Kier molecular flexibility index (Phi) is 7.73. The van der Waals surface area contributed by atoms with E-state index in [1.807, 2.05) is 0 Å². The highest BCUT2D eigenvalue weighted by Crippen LogP contribution is 2.61. The Bertz CT molecular complexity index is 636. The van der Waals surface area contributed by atoms with Gasteiger partial charge in [-0.25, -0.2) is 0 Å². The zero-order valence-corrected chi connectivity index (χ0v) is 15.8. The van der Waals surface area contributed by atoms with Crippen LogP contribution < -0.4 is 4.74 Å². The minimum atomic E-state index is -4.03. The van der Waals surface area contributed by atoms with E-state index >= 15 is 0 Å². The molecule has 0 aliphatic heterocycles. The van der Waals surface area contributed by atoms with E-state index in [1.54, 1.807) is 38.1 Å². The SMILES string of the molecule is CCOP(=O)(OCC)C(C)(CCC(=O)c1ccc(OC)cc1)[N+](=O)[O-]. The minimum Gasteiger partial charge on any atom is -0.497 e. The lowest BCUT2D eigenvalue weighted by Gasteiger charge is -2.28. The molecule has 1 aromatic carbocycles. The molecule has 0 fully saturated rings. The monoisotopic (exact) mass is 373 g/mol. The van der Waals surface area contributed by atoms with Gasteiger partial charge >= 0.3 is 12.9 Å². The molecule has 0 aliphatic rings. The molecule has 0 N–H and O–H groups in total. The highest BCUT2D eigenvalue weighted by atomic mass is 31.2. The average molecular weight is 373 g/mol. The van der Waals surface area contributed by atoms with Crippen molar-refractivity contribution in [3.63, 3.8) is 0 Å². The summed E-state index contributed by atoms with van der Waals surface area (Å²) in [6, 6.07) is 6.42. The van der Waals surface area contributed by atoms with Gasteiger partial charge < -0.3 is 13.8 Å². The van der Waals surface area contributed by atoms with Crippen LogP contribution in [-0.4, -0.2) is 36.3 Å². The number of hydrogen-bond acceptors (Lipinski definition) is 7. The van der Waals surface area contributed by atoms with Gasteiger partial charge in [0.05, 0.1) is 20.3 Å². The number of benzene rings is 1. The number of carbonyl (C=O) groups is 1. The Balaban J connectivity index is 2.98. The van der Waals surface area contributed by atoms with E-state index < -0.39 is 17.8 Å². The van der Waals surface area contributed by atoms with Crippen molar-refractivity contribution in [1.29, 1.82) is 0 Å². The van der Waals surface area contributed by atoms with Crippen molar-refractivity contribution >= 4 is 13.4 Å². The maximum atomic E-state index is 12.9. The first-order chi connectivity index (χ1) is 11.7. The second kappa shape index (κ2) is 9.08. The lowest BCUT2D eigenvalue weighted by molar-refractivity contribution is -0.541. The van der Waals surface area contributed by atoms with Gasteiger partial charge in [-0.15, -0.1) is 0 Å². The Morgan fingerprint density at radius 3 is 2.12 bits per heavy atom. The fraction of sp³-hybridized carbons (Fsp3) is 0.562. The van der Waals surface area contributed by atoms with Crippen LogP contribution in [0.1, 0.15) is 44.0 Å². The van der Waals surface area contributed by atoms with Gasteiger partial charge in [0.2, 0.25) is 0 Å². The van der Waals surface area contributed by atoms with E-state index in [2.05, 4.69) is 0 Å². The van der Waals surface area contributed by atoms with Gasteiger partial charge in [-0.05, 0) is 38.1 Å². The van der Waals surface area contributed by atoms with Crippen LogP contribution in [0.3, 0.4) is 0 Å². The number of rotatable bonds is 11. The average Bonchev–Trinajstić information content (AvgIpc) is 2.59. The van der Waals surface area contributed by atoms with Crippen LogP contribution >= 0.6 is 7.60 Å². The molecule has 0 saturated carbocycles. The van der Waals surface area contributed by atoms with Crippen molar-refractivity contribution < 1.29 is 28.1 Å². The molecule has 0 bridgehead atoms. The first-order valence-electron chi connectivity index (χ1n) is 7.95. The number of hydrogen-bond donors (Lipinski definition) is 0. The van der Waals surface area contributed by atoms with Crippen LogP contribution in [-0.2, 0) is 13.6 Å². The molecule has 8 nitrogen and oxygen atoms in total. The molecular weight excluding hydrogens is 349 g/mol. The summed E-state index contributed by atoms with van der Waals surface area (Å²) in [7, 11) is -2.52. The molecule has 0 amide bonds. The van der Waals surface area contributed by atoms with Gasteiger partial charge in [0.15, 0.2) is 5.78 Å². The molecule has 0 aliphatic carbocycles. The minimum absolute atomic E-state index is 0.00708. The molecular formula is C16H24NO7P. The first-order valence-corrected chi connectivity index (χ1v) is 9.49. The number of nitro groups is 1. The molecule has 1 unspecified atom stereocenters. The van der Waals surface area contributed by atoms with Crippen molar-refractivity contribution in [3.8, 4) is 5.75 Å². The summed E-state index contributed by atoms with van der Waals surface area (Å²) in [5.41, 5.74) is 0.397. The largest absolute Gasteiger partial charge is 0.497 e. The van der Waals surface area contributed by atoms with E-state index in [0.29, 0.717) is 11.3 Å². The molecule has 1 aromatic rings.